The number of urea groups is 1. The Morgan fingerprint density at radius 2 is 2.00 bits per heavy atom. The van der Waals surface area contributed by atoms with Crippen LogP contribution in [0.25, 0.3) is 0 Å². The zero-order valence-corrected chi connectivity index (χ0v) is 9.91. The molecular formula is C11H19N3O3. The van der Waals surface area contributed by atoms with Gasteiger partial charge in [0, 0.05) is 32.6 Å². The molecule has 0 aromatic heterocycles. The fourth-order valence-corrected chi connectivity index (χ4v) is 2.35. The standard InChI is InChI=1S/C11H19N3O3/c12-5-1-2-6-14-9(15)11(13-10(14)16)3-7-17-8-4-11/h1-8,12H2,(H,13,16). The van der Waals surface area contributed by atoms with E-state index in [9.17, 15) is 9.59 Å². The van der Waals surface area contributed by atoms with Gasteiger partial charge in [-0.25, -0.2) is 4.79 Å². The second kappa shape index (κ2) is 5.01. The van der Waals surface area contributed by atoms with Gasteiger partial charge in [0.1, 0.15) is 5.54 Å². The van der Waals surface area contributed by atoms with Crippen LogP contribution in [0.4, 0.5) is 4.79 Å². The summed E-state index contributed by atoms with van der Waals surface area (Å²) in [5.74, 6) is -0.0946. The molecule has 0 radical (unpaired) electrons. The van der Waals surface area contributed by atoms with Crippen molar-refractivity contribution >= 4 is 11.9 Å². The summed E-state index contributed by atoms with van der Waals surface area (Å²) >= 11 is 0. The van der Waals surface area contributed by atoms with Gasteiger partial charge in [0.05, 0.1) is 0 Å². The van der Waals surface area contributed by atoms with Gasteiger partial charge >= 0.3 is 6.03 Å². The fraction of sp³-hybridized carbons (Fsp3) is 0.818. The van der Waals surface area contributed by atoms with E-state index in [-0.39, 0.29) is 11.9 Å². The Bertz CT molecular complexity index is 313. The number of carbonyl (C=O) groups is 2. The molecule has 2 rings (SSSR count). The van der Waals surface area contributed by atoms with Crippen LogP contribution in [0.2, 0.25) is 0 Å². The van der Waals surface area contributed by atoms with Gasteiger partial charge < -0.3 is 15.8 Å². The molecule has 17 heavy (non-hydrogen) atoms. The Morgan fingerprint density at radius 3 is 2.65 bits per heavy atom. The van der Waals surface area contributed by atoms with Crippen LogP contribution in [0.5, 0.6) is 0 Å². The van der Waals surface area contributed by atoms with Gasteiger partial charge in [-0.2, -0.15) is 0 Å². The van der Waals surface area contributed by atoms with Gasteiger partial charge in [0.15, 0.2) is 0 Å². The van der Waals surface area contributed by atoms with Crippen molar-refractivity contribution in [3.8, 4) is 0 Å². The third kappa shape index (κ3) is 2.28. The molecule has 1 spiro atoms. The van der Waals surface area contributed by atoms with Crippen molar-refractivity contribution in [2.75, 3.05) is 26.3 Å². The number of nitrogens with two attached hydrogens (primary N) is 1. The van der Waals surface area contributed by atoms with E-state index >= 15 is 0 Å². The van der Waals surface area contributed by atoms with Crippen LogP contribution < -0.4 is 11.1 Å². The molecule has 0 bridgehead atoms. The van der Waals surface area contributed by atoms with Crippen molar-refractivity contribution < 1.29 is 14.3 Å². The zero-order chi connectivity index (χ0) is 12.3. The van der Waals surface area contributed by atoms with E-state index in [0.717, 1.165) is 12.8 Å². The molecule has 0 unspecified atom stereocenters. The van der Waals surface area contributed by atoms with Crippen molar-refractivity contribution in [2.45, 2.75) is 31.2 Å². The second-order valence-electron chi connectivity index (χ2n) is 4.58. The number of nitrogens with one attached hydrogen (secondary N) is 1. The Morgan fingerprint density at radius 1 is 1.29 bits per heavy atom. The lowest BCUT2D eigenvalue weighted by Crippen LogP contribution is -2.51. The molecule has 0 aliphatic carbocycles. The molecule has 96 valence electrons. The minimum atomic E-state index is -0.696. The van der Waals surface area contributed by atoms with Crippen molar-refractivity contribution in [3.63, 3.8) is 0 Å². The summed E-state index contributed by atoms with van der Waals surface area (Å²) in [6.07, 6.45) is 2.74. The molecule has 2 aliphatic rings. The van der Waals surface area contributed by atoms with Crippen molar-refractivity contribution in [1.82, 2.24) is 10.2 Å². The second-order valence-corrected chi connectivity index (χ2v) is 4.58. The Labute approximate surface area is 100 Å². The lowest BCUT2D eigenvalue weighted by atomic mass is 9.90. The molecule has 3 N–H and O–H groups in total. The van der Waals surface area contributed by atoms with E-state index < -0.39 is 5.54 Å². The molecule has 3 amide bonds. The van der Waals surface area contributed by atoms with Gasteiger partial charge in [-0.1, -0.05) is 0 Å². The van der Waals surface area contributed by atoms with E-state index in [4.69, 9.17) is 10.5 Å². The first-order valence-electron chi connectivity index (χ1n) is 6.11. The molecule has 2 heterocycles. The first-order valence-corrected chi connectivity index (χ1v) is 6.11. The number of unbranched alkanes of at least 4 members (excludes halogenated alkanes) is 1. The average Bonchev–Trinajstić information content (AvgIpc) is 2.55. The number of rotatable bonds is 4. The zero-order valence-electron chi connectivity index (χ0n) is 9.91. The van der Waals surface area contributed by atoms with Crippen LogP contribution in [0.1, 0.15) is 25.7 Å². The Balaban J connectivity index is 2.00. The molecule has 2 saturated heterocycles. The van der Waals surface area contributed by atoms with Crippen molar-refractivity contribution in [3.05, 3.63) is 0 Å². The molecule has 6 nitrogen and oxygen atoms in total. The van der Waals surface area contributed by atoms with Crippen LogP contribution in [-0.2, 0) is 9.53 Å². The number of hydrogen-bond donors (Lipinski definition) is 2. The fourth-order valence-electron chi connectivity index (χ4n) is 2.35. The minimum absolute atomic E-state index is 0.0946. The quantitative estimate of drug-likeness (QED) is 0.528. The topological polar surface area (TPSA) is 84.7 Å². The van der Waals surface area contributed by atoms with E-state index in [2.05, 4.69) is 5.32 Å². The molecule has 0 saturated carbocycles. The minimum Gasteiger partial charge on any atom is -0.381 e. The maximum atomic E-state index is 12.2. The molecule has 0 aromatic rings. The summed E-state index contributed by atoms with van der Waals surface area (Å²) in [7, 11) is 0. The third-order valence-electron chi connectivity index (χ3n) is 3.43. The van der Waals surface area contributed by atoms with Gasteiger partial charge in [-0.3, -0.25) is 9.69 Å². The maximum Gasteiger partial charge on any atom is 0.325 e. The Hall–Kier alpha value is -1.14. The molecule has 6 heteroatoms. The van der Waals surface area contributed by atoms with E-state index in [1.807, 2.05) is 0 Å². The average molecular weight is 241 g/mol. The number of ether oxygens (including phenoxy) is 1. The number of carbonyl (C=O) groups excluding carboxylic acids is 2. The summed E-state index contributed by atoms with van der Waals surface area (Å²) in [6.45, 7) is 2.11. The molecule has 2 aliphatic heterocycles. The van der Waals surface area contributed by atoms with E-state index in [0.29, 0.717) is 39.1 Å². The highest BCUT2D eigenvalue weighted by Crippen LogP contribution is 2.28. The van der Waals surface area contributed by atoms with Crippen LogP contribution in [0.15, 0.2) is 0 Å². The first kappa shape index (κ1) is 12.3. The first-order chi connectivity index (χ1) is 8.19. The predicted molar refractivity (Wildman–Crippen MR) is 61.3 cm³/mol. The number of imide groups is 1. The normalized spacial score (nSPS) is 23.2. The van der Waals surface area contributed by atoms with Crippen LogP contribution >= 0.6 is 0 Å². The van der Waals surface area contributed by atoms with Crippen LogP contribution in [-0.4, -0.2) is 48.7 Å². The predicted octanol–water partition coefficient (Wildman–Crippen LogP) is -0.174. The number of nitrogens with zero attached hydrogens (tertiary/aromatic N) is 1. The smallest absolute Gasteiger partial charge is 0.325 e. The summed E-state index contributed by atoms with van der Waals surface area (Å²) in [5, 5.41) is 2.82. The highest BCUT2D eigenvalue weighted by molar-refractivity contribution is 6.07. The van der Waals surface area contributed by atoms with Gasteiger partial charge in [0.25, 0.3) is 5.91 Å². The summed E-state index contributed by atoms with van der Waals surface area (Å²) in [4.78, 5) is 25.3. The van der Waals surface area contributed by atoms with Crippen molar-refractivity contribution in [2.24, 2.45) is 5.73 Å². The van der Waals surface area contributed by atoms with Gasteiger partial charge in [-0.05, 0) is 19.4 Å². The van der Waals surface area contributed by atoms with Crippen molar-refractivity contribution in [1.29, 1.82) is 0 Å². The van der Waals surface area contributed by atoms with E-state index in [1.165, 1.54) is 4.90 Å². The molecule has 0 atom stereocenters. The summed E-state index contributed by atoms with van der Waals surface area (Å²) in [5.41, 5.74) is 4.70. The summed E-state index contributed by atoms with van der Waals surface area (Å²) < 4.78 is 5.23. The number of hydrogen-bond acceptors (Lipinski definition) is 4. The van der Waals surface area contributed by atoms with Crippen LogP contribution in [0.3, 0.4) is 0 Å². The molecule has 0 aromatic carbocycles. The lowest BCUT2D eigenvalue weighted by molar-refractivity contribution is -0.134. The molecular weight excluding hydrogens is 222 g/mol. The van der Waals surface area contributed by atoms with E-state index in [1.54, 1.807) is 0 Å². The lowest BCUT2D eigenvalue weighted by Gasteiger charge is -2.30. The third-order valence-corrected chi connectivity index (χ3v) is 3.43. The maximum absolute atomic E-state index is 12.2. The summed E-state index contributed by atoms with van der Waals surface area (Å²) in [6, 6.07) is -0.270. The van der Waals surface area contributed by atoms with Gasteiger partial charge in [-0.15, -0.1) is 0 Å². The van der Waals surface area contributed by atoms with Gasteiger partial charge in [0.2, 0.25) is 0 Å². The Kier molecular flexibility index (Phi) is 3.63. The molecule has 2 fully saturated rings. The monoisotopic (exact) mass is 241 g/mol. The largest absolute Gasteiger partial charge is 0.381 e. The SMILES string of the molecule is NCCCCN1C(=O)NC2(CCOCC2)C1=O. The highest BCUT2D eigenvalue weighted by atomic mass is 16.5. The van der Waals surface area contributed by atoms with Crippen LogP contribution in [0, 0.1) is 0 Å². The highest BCUT2D eigenvalue weighted by Gasteiger charge is 2.51. The number of amides is 3.